The maximum absolute atomic E-state index is 6.17. The Morgan fingerprint density at radius 1 is 1.16 bits per heavy atom. The van der Waals surface area contributed by atoms with Crippen LogP contribution in [0.15, 0.2) is 45.5 Å². The molecular weight excluding hydrogens is 393 g/mol. The minimum atomic E-state index is 0.597. The summed E-state index contributed by atoms with van der Waals surface area (Å²) in [7, 11) is 0. The van der Waals surface area contributed by atoms with E-state index in [1.807, 2.05) is 40.9 Å². The van der Waals surface area contributed by atoms with Crippen molar-refractivity contribution in [3.8, 4) is 11.3 Å². The zero-order valence-corrected chi connectivity index (χ0v) is 13.5. The lowest BCUT2D eigenvalue weighted by Crippen LogP contribution is -1.94. The summed E-state index contributed by atoms with van der Waals surface area (Å²) in [6.07, 6.45) is 1.89. The van der Waals surface area contributed by atoms with Crippen molar-refractivity contribution >= 4 is 54.9 Å². The van der Waals surface area contributed by atoms with E-state index in [-0.39, 0.29) is 0 Å². The lowest BCUT2D eigenvalue weighted by Gasteiger charge is -2.03. The molecule has 2 aromatic heterocycles. The number of nitrogens with zero attached hydrogens (tertiary/aromatic N) is 2. The third-order valence-electron chi connectivity index (χ3n) is 2.81. The molecule has 0 amide bonds. The number of hydrogen-bond donors (Lipinski definition) is 1. The summed E-state index contributed by atoms with van der Waals surface area (Å²) in [5.41, 5.74) is 8.63. The molecular formula is C13H8Br2ClN3. The summed E-state index contributed by atoms with van der Waals surface area (Å²) < 4.78 is 3.67. The Balaban J connectivity index is 2.28. The minimum absolute atomic E-state index is 0.597. The van der Waals surface area contributed by atoms with Gasteiger partial charge in [-0.3, -0.25) is 4.40 Å². The summed E-state index contributed by atoms with van der Waals surface area (Å²) in [4.78, 5) is 4.56. The van der Waals surface area contributed by atoms with E-state index in [0.717, 1.165) is 25.8 Å². The molecule has 3 rings (SSSR count). The number of imidazole rings is 1. The van der Waals surface area contributed by atoms with Crippen LogP contribution < -0.4 is 5.73 Å². The molecule has 2 heterocycles. The number of pyridine rings is 1. The van der Waals surface area contributed by atoms with Gasteiger partial charge in [-0.25, -0.2) is 4.98 Å². The van der Waals surface area contributed by atoms with E-state index in [4.69, 9.17) is 17.3 Å². The molecule has 0 fully saturated rings. The van der Waals surface area contributed by atoms with Crippen molar-refractivity contribution in [3.63, 3.8) is 0 Å². The van der Waals surface area contributed by atoms with Crippen LogP contribution in [0.4, 0.5) is 5.82 Å². The fourth-order valence-corrected chi connectivity index (χ4v) is 3.12. The van der Waals surface area contributed by atoms with Crippen molar-refractivity contribution in [2.45, 2.75) is 0 Å². The van der Waals surface area contributed by atoms with Crippen LogP contribution in [0.5, 0.6) is 0 Å². The summed E-state index contributed by atoms with van der Waals surface area (Å²) in [5.74, 6) is 0.597. The highest BCUT2D eigenvalue weighted by atomic mass is 79.9. The summed E-state index contributed by atoms with van der Waals surface area (Å²) in [6.45, 7) is 0. The molecule has 0 radical (unpaired) electrons. The number of rotatable bonds is 1. The van der Waals surface area contributed by atoms with Gasteiger partial charge >= 0.3 is 0 Å². The second kappa shape index (κ2) is 4.81. The molecule has 0 aliphatic heterocycles. The highest BCUT2D eigenvalue weighted by Crippen LogP contribution is 2.34. The van der Waals surface area contributed by atoms with Crippen LogP contribution in [0, 0.1) is 0 Å². The predicted octanol–water partition coefficient (Wildman–Crippen LogP) is 4.76. The lowest BCUT2D eigenvalue weighted by molar-refractivity contribution is 1.18. The second-order valence-electron chi connectivity index (χ2n) is 4.05. The highest BCUT2D eigenvalue weighted by molar-refractivity contribution is 9.10. The number of aromatic nitrogens is 2. The maximum atomic E-state index is 6.17. The van der Waals surface area contributed by atoms with E-state index in [1.165, 1.54) is 0 Å². The number of benzene rings is 1. The van der Waals surface area contributed by atoms with Crippen LogP contribution in [0.25, 0.3) is 16.9 Å². The number of fused-ring (bicyclic) bond motifs is 1. The Labute approximate surface area is 131 Å². The van der Waals surface area contributed by atoms with Gasteiger partial charge in [0.05, 0.1) is 0 Å². The minimum Gasteiger partial charge on any atom is -0.383 e. The molecule has 2 N–H and O–H groups in total. The van der Waals surface area contributed by atoms with Gasteiger partial charge in [-0.05, 0) is 40.2 Å². The van der Waals surface area contributed by atoms with Crippen LogP contribution in [-0.4, -0.2) is 9.38 Å². The molecule has 0 atom stereocenters. The molecule has 0 aliphatic carbocycles. The van der Waals surface area contributed by atoms with E-state index in [9.17, 15) is 0 Å². The SMILES string of the molecule is Nc1c(-c2ccc(Cl)cc2Br)nc2ccc(Br)cn12. The molecule has 0 spiro atoms. The van der Waals surface area contributed by atoms with Crippen molar-refractivity contribution in [3.05, 3.63) is 50.5 Å². The Morgan fingerprint density at radius 3 is 2.68 bits per heavy atom. The number of nitrogens with two attached hydrogens (primary N) is 1. The van der Waals surface area contributed by atoms with Crippen molar-refractivity contribution in [2.24, 2.45) is 0 Å². The third-order valence-corrected chi connectivity index (χ3v) is 4.17. The zero-order chi connectivity index (χ0) is 13.6. The Hall–Kier alpha value is -1.04. The number of anilines is 1. The molecule has 3 aromatic rings. The molecule has 1 aromatic carbocycles. The topological polar surface area (TPSA) is 43.3 Å². The van der Waals surface area contributed by atoms with Gasteiger partial charge in [0, 0.05) is 25.7 Å². The normalized spacial score (nSPS) is 11.1. The number of nitrogen functional groups attached to an aromatic ring is 1. The van der Waals surface area contributed by atoms with Gasteiger partial charge in [0.15, 0.2) is 0 Å². The van der Waals surface area contributed by atoms with E-state index in [0.29, 0.717) is 10.8 Å². The fourth-order valence-electron chi connectivity index (χ4n) is 1.92. The van der Waals surface area contributed by atoms with Gasteiger partial charge in [0.25, 0.3) is 0 Å². The summed E-state index contributed by atoms with van der Waals surface area (Å²) in [5, 5.41) is 0.667. The first-order chi connectivity index (χ1) is 9.06. The van der Waals surface area contributed by atoms with E-state index >= 15 is 0 Å². The average Bonchev–Trinajstić information content (AvgIpc) is 2.67. The first kappa shape index (κ1) is 13.0. The molecule has 0 unspecified atom stereocenters. The zero-order valence-electron chi connectivity index (χ0n) is 9.57. The van der Waals surface area contributed by atoms with Gasteiger partial charge in [-0.1, -0.05) is 33.6 Å². The Bertz CT molecular complexity index is 783. The van der Waals surface area contributed by atoms with Crippen molar-refractivity contribution in [2.75, 3.05) is 5.73 Å². The van der Waals surface area contributed by atoms with Crippen LogP contribution in [0.2, 0.25) is 5.02 Å². The smallest absolute Gasteiger partial charge is 0.139 e. The van der Waals surface area contributed by atoms with Gasteiger partial charge in [-0.15, -0.1) is 0 Å². The Kier molecular flexibility index (Phi) is 3.28. The molecule has 19 heavy (non-hydrogen) atoms. The van der Waals surface area contributed by atoms with Crippen LogP contribution in [0.3, 0.4) is 0 Å². The van der Waals surface area contributed by atoms with Gasteiger partial charge in [0.1, 0.15) is 17.2 Å². The fraction of sp³-hybridized carbons (Fsp3) is 0. The molecule has 0 bridgehead atoms. The largest absolute Gasteiger partial charge is 0.383 e. The lowest BCUT2D eigenvalue weighted by atomic mass is 10.1. The quantitative estimate of drug-likeness (QED) is 0.639. The summed E-state index contributed by atoms with van der Waals surface area (Å²) in [6, 6.07) is 9.40. The van der Waals surface area contributed by atoms with Crippen LogP contribution in [-0.2, 0) is 0 Å². The maximum Gasteiger partial charge on any atom is 0.139 e. The first-order valence-electron chi connectivity index (χ1n) is 5.45. The Morgan fingerprint density at radius 2 is 1.95 bits per heavy atom. The molecule has 6 heteroatoms. The molecule has 3 nitrogen and oxygen atoms in total. The van der Waals surface area contributed by atoms with Crippen LogP contribution in [0.1, 0.15) is 0 Å². The van der Waals surface area contributed by atoms with E-state index < -0.39 is 0 Å². The second-order valence-corrected chi connectivity index (χ2v) is 6.25. The molecule has 0 saturated heterocycles. The monoisotopic (exact) mass is 399 g/mol. The third kappa shape index (κ3) is 2.26. The molecule has 0 aliphatic rings. The van der Waals surface area contributed by atoms with Gasteiger partial charge < -0.3 is 5.73 Å². The standard InChI is InChI=1S/C13H8Br2ClN3/c14-7-1-4-11-18-12(13(17)19(11)6-7)9-3-2-8(16)5-10(9)15/h1-6H,17H2. The van der Waals surface area contributed by atoms with Crippen molar-refractivity contribution < 1.29 is 0 Å². The molecule has 96 valence electrons. The summed E-state index contributed by atoms with van der Waals surface area (Å²) >= 11 is 12.9. The first-order valence-corrected chi connectivity index (χ1v) is 7.41. The van der Waals surface area contributed by atoms with Gasteiger partial charge in [0.2, 0.25) is 0 Å². The van der Waals surface area contributed by atoms with E-state index in [1.54, 1.807) is 0 Å². The van der Waals surface area contributed by atoms with Crippen molar-refractivity contribution in [1.82, 2.24) is 9.38 Å². The average molecular weight is 401 g/mol. The van der Waals surface area contributed by atoms with Crippen LogP contribution >= 0.6 is 43.5 Å². The van der Waals surface area contributed by atoms with E-state index in [2.05, 4.69) is 36.8 Å². The number of hydrogen-bond acceptors (Lipinski definition) is 2. The predicted molar refractivity (Wildman–Crippen MR) is 85.5 cm³/mol. The molecule has 0 saturated carbocycles. The highest BCUT2D eigenvalue weighted by Gasteiger charge is 2.14. The van der Waals surface area contributed by atoms with Gasteiger partial charge in [-0.2, -0.15) is 0 Å². The van der Waals surface area contributed by atoms with Crippen molar-refractivity contribution in [1.29, 1.82) is 0 Å². The number of halogens is 3.